The molecule has 0 saturated carbocycles. The summed E-state index contributed by atoms with van der Waals surface area (Å²) in [5.74, 6) is 0.401. The lowest BCUT2D eigenvalue weighted by molar-refractivity contribution is 0.0602. The van der Waals surface area contributed by atoms with Gasteiger partial charge in [0.25, 0.3) is 0 Å². The Morgan fingerprint density at radius 1 is 1.20 bits per heavy atom. The molecule has 2 rings (SSSR count). The van der Waals surface area contributed by atoms with Gasteiger partial charge in [0.15, 0.2) is 0 Å². The van der Waals surface area contributed by atoms with Crippen LogP contribution in [-0.4, -0.2) is 26.2 Å². The Kier molecular flexibility index (Phi) is 6.97. The molecule has 0 unspecified atom stereocenters. The van der Waals surface area contributed by atoms with Crippen LogP contribution in [0, 0.1) is 13.8 Å². The molecule has 6 heteroatoms. The van der Waals surface area contributed by atoms with Gasteiger partial charge in [0.2, 0.25) is 0 Å². The minimum absolute atomic E-state index is 0.315. The molecule has 0 aliphatic heterocycles. The summed E-state index contributed by atoms with van der Waals surface area (Å²) in [6.07, 6.45) is 0.743. The van der Waals surface area contributed by atoms with E-state index < -0.39 is 5.97 Å². The molecule has 0 aromatic heterocycles. The third kappa shape index (κ3) is 5.03. The number of anilines is 1. The summed E-state index contributed by atoms with van der Waals surface area (Å²) >= 11 is 12.2. The molecule has 2 aromatic rings. The average molecular weight is 382 g/mol. The molecule has 0 atom stereocenters. The van der Waals surface area contributed by atoms with Gasteiger partial charge < -0.3 is 14.8 Å². The third-order valence-electron chi connectivity index (χ3n) is 3.90. The van der Waals surface area contributed by atoms with Crippen molar-refractivity contribution in [1.82, 2.24) is 0 Å². The number of hydrogen-bond donors (Lipinski definition) is 1. The lowest BCUT2D eigenvalue weighted by Gasteiger charge is -2.14. The first-order chi connectivity index (χ1) is 11.9. The van der Waals surface area contributed by atoms with Crippen LogP contribution in [0.1, 0.15) is 27.9 Å². The number of aryl methyl sites for hydroxylation is 1. The molecule has 0 heterocycles. The van der Waals surface area contributed by atoms with E-state index in [1.807, 2.05) is 19.1 Å². The fourth-order valence-electron chi connectivity index (χ4n) is 2.37. The predicted molar refractivity (Wildman–Crippen MR) is 102 cm³/mol. The van der Waals surface area contributed by atoms with Crippen molar-refractivity contribution >= 4 is 34.9 Å². The lowest BCUT2D eigenvalue weighted by Crippen LogP contribution is -2.12. The van der Waals surface area contributed by atoms with E-state index in [1.165, 1.54) is 18.7 Å². The summed E-state index contributed by atoms with van der Waals surface area (Å²) in [6.45, 7) is 5.24. The SMILES string of the molecule is COC(=O)c1cc(Cl)cc(Cl)c1NCCCOc1cccc(C)c1C. The number of methoxy groups -OCH3 is 1. The van der Waals surface area contributed by atoms with Gasteiger partial charge in [-0.1, -0.05) is 35.3 Å². The van der Waals surface area contributed by atoms with E-state index in [2.05, 4.69) is 18.3 Å². The number of rotatable bonds is 7. The standard InChI is InChI=1S/C19H21Cl2NO3/c1-12-6-4-7-17(13(12)2)25-9-5-8-22-18-15(19(23)24-3)10-14(20)11-16(18)21/h4,6-7,10-11,22H,5,8-9H2,1-3H3. The molecule has 1 N–H and O–H groups in total. The van der Waals surface area contributed by atoms with E-state index in [0.717, 1.165) is 17.7 Å². The molecule has 0 spiro atoms. The molecule has 0 amide bonds. The largest absolute Gasteiger partial charge is 0.493 e. The summed E-state index contributed by atoms with van der Waals surface area (Å²) in [6, 6.07) is 9.12. The van der Waals surface area contributed by atoms with Crippen molar-refractivity contribution in [2.24, 2.45) is 0 Å². The maximum atomic E-state index is 11.9. The molecular formula is C19H21Cl2NO3. The van der Waals surface area contributed by atoms with Gasteiger partial charge in [-0.05, 0) is 49.6 Å². The van der Waals surface area contributed by atoms with Crippen LogP contribution in [0.3, 0.4) is 0 Å². The van der Waals surface area contributed by atoms with Crippen molar-refractivity contribution in [3.63, 3.8) is 0 Å². The van der Waals surface area contributed by atoms with E-state index in [9.17, 15) is 4.79 Å². The van der Waals surface area contributed by atoms with Crippen LogP contribution in [0.2, 0.25) is 10.0 Å². The van der Waals surface area contributed by atoms with Gasteiger partial charge >= 0.3 is 5.97 Å². The van der Waals surface area contributed by atoms with Crippen molar-refractivity contribution in [3.05, 3.63) is 57.1 Å². The van der Waals surface area contributed by atoms with Crippen LogP contribution in [0.4, 0.5) is 5.69 Å². The first-order valence-electron chi connectivity index (χ1n) is 7.94. The second-order valence-electron chi connectivity index (χ2n) is 5.63. The number of ether oxygens (including phenoxy) is 2. The van der Waals surface area contributed by atoms with E-state index in [4.69, 9.17) is 32.7 Å². The number of carbonyl (C=O) groups is 1. The molecule has 0 fully saturated rings. The molecule has 0 bridgehead atoms. The number of benzene rings is 2. The molecule has 2 aromatic carbocycles. The Morgan fingerprint density at radius 2 is 1.96 bits per heavy atom. The molecule has 0 aliphatic rings. The molecule has 25 heavy (non-hydrogen) atoms. The maximum absolute atomic E-state index is 11.9. The highest BCUT2D eigenvalue weighted by atomic mass is 35.5. The molecule has 0 aliphatic carbocycles. The van der Waals surface area contributed by atoms with Crippen molar-refractivity contribution in [1.29, 1.82) is 0 Å². The minimum Gasteiger partial charge on any atom is -0.493 e. The van der Waals surface area contributed by atoms with Crippen LogP contribution in [-0.2, 0) is 4.74 Å². The highest BCUT2D eigenvalue weighted by Crippen LogP contribution is 2.30. The van der Waals surface area contributed by atoms with Crippen molar-refractivity contribution in [2.45, 2.75) is 20.3 Å². The quantitative estimate of drug-likeness (QED) is 0.523. The summed E-state index contributed by atoms with van der Waals surface area (Å²) in [7, 11) is 1.32. The number of carbonyl (C=O) groups excluding carboxylic acids is 1. The molecule has 0 radical (unpaired) electrons. The topological polar surface area (TPSA) is 47.6 Å². The fraction of sp³-hybridized carbons (Fsp3) is 0.316. The smallest absolute Gasteiger partial charge is 0.340 e. The van der Waals surface area contributed by atoms with Gasteiger partial charge in [0, 0.05) is 11.6 Å². The molecular weight excluding hydrogens is 361 g/mol. The van der Waals surface area contributed by atoms with Gasteiger partial charge in [-0.25, -0.2) is 4.79 Å². The van der Waals surface area contributed by atoms with Crippen LogP contribution in [0.15, 0.2) is 30.3 Å². The van der Waals surface area contributed by atoms with Crippen molar-refractivity contribution in [3.8, 4) is 5.75 Å². The van der Waals surface area contributed by atoms with E-state index in [0.29, 0.717) is 34.4 Å². The zero-order valence-corrected chi connectivity index (χ0v) is 16.0. The summed E-state index contributed by atoms with van der Waals surface area (Å²) < 4.78 is 10.6. The van der Waals surface area contributed by atoms with E-state index >= 15 is 0 Å². The highest BCUT2D eigenvalue weighted by molar-refractivity contribution is 6.37. The Bertz CT molecular complexity index is 763. The number of halogens is 2. The summed E-state index contributed by atoms with van der Waals surface area (Å²) in [5.41, 5.74) is 3.18. The monoisotopic (exact) mass is 381 g/mol. The van der Waals surface area contributed by atoms with Gasteiger partial charge in [-0.15, -0.1) is 0 Å². The van der Waals surface area contributed by atoms with E-state index in [-0.39, 0.29) is 0 Å². The Morgan fingerprint density at radius 3 is 2.68 bits per heavy atom. The van der Waals surface area contributed by atoms with Crippen LogP contribution in [0.25, 0.3) is 0 Å². The minimum atomic E-state index is -0.487. The molecule has 0 saturated heterocycles. The molecule has 134 valence electrons. The molecule has 4 nitrogen and oxygen atoms in total. The van der Waals surface area contributed by atoms with Gasteiger partial charge in [0.05, 0.1) is 30.0 Å². The summed E-state index contributed by atoms with van der Waals surface area (Å²) in [5, 5.41) is 3.93. The number of hydrogen-bond acceptors (Lipinski definition) is 4. The van der Waals surface area contributed by atoms with Crippen molar-refractivity contribution in [2.75, 3.05) is 25.6 Å². The zero-order valence-electron chi connectivity index (χ0n) is 14.5. The van der Waals surface area contributed by atoms with Crippen LogP contribution in [0.5, 0.6) is 5.75 Å². The van der Waals surface area contributed by atoms with Crippen LogP contribution < -0.4 is 10.1 Å². The first-order valence-corrected chi connectivity index (χ1v) is 8.70. The first kappa shape index (κ1) is 19.4. The van der Waals surface area contributed by atoms with Gasteiger partial charge in [-0.3, -0.25) is 0 Å². The Labute approximate surface area is 158 Å². The normalized spacial score (nSPS) is 10.4. The van der Waals surface area contributed by atoms with Crippen molar-refractivity contribution < 1.29 is 14.3 Å². The Balaban J connectivity index is 1.94. The highest BCUT2D eigenvalue weighted by Gasteiger charge is 2.16. The third-order valence-corrected chi connectivity index (χ3v) is 4.41. The summed E-state index contributed by atoms with van der Waals surface area (Å²) in [4.78, 5) is 11.9. The van der Waals surface area contributed by atoms with E-state index in [1.54, 1.807) is 6.07 Å². The van der Waals surface area contributed by atoms with Gasteiger partial charge in [-0.2, -0.15) is 0 Å². The fourth-order valence-corrected chi connectivity index (χ4v) is 2.93. The Hall–Kier alpha value is -1.91. The van der Waals surface area contributed by atoms with Crippen LogP contribution >= 0.6 is 23.2 Å². The van der Waals surface area contributed by atoms with Gasteiger partial charge in [0.1, 0.15) is 5.75 Å². The number of esters is 1. The maximum Gasteiger partial charge on any atom is 0.340 e. The second kappa shape index (κ2) is 8.97. The average Bonchev–Trinajstić information content (AvgIpc) is 2.58. The second-order valence-corrected chi connectivity index (χ2v) is 6.47. The number of nitrogens with one attached hydrogen (secondary N) is 1. The predicted octanol–water partition coefficient (Wildman–Crippen LogP) is 5.28. The lowest BCUT2D eigenvalue weighted by atomic mass is 10.1. The zero-order chi connectivity index (χ0) is 18.4.